The number of piperidine rings is 1. The van der Waals surface area contributed by atoms with Crippen molar-refractivity contribution in [2.75, 3.05) is 53.6 Å². The first kappa shape index (κ1) is 23.3. The molecule has 29 heavy (non-hydrogen) atoms. The highest BCUT2D eigenvalue weighted by atomic mass is 19.4. The zero-order valence-corrected chi connectivity index (χ0v) is 17.1. The summed E-state index contributed by atoms with van der Waals surface area (Å²) in [6.45, 7) is 4.03. The molecule has 1 aliphatic rings. The molecule has 2 N–H and O–H groups in total. The molecule has 0 spiro atoms. The van der Waals surface area contributed by atoms with E-state index in [0.717, 1.165) is 51.2 Å². The number of rotatable bonds is 9. The average molecular weight is 416 g/mol. The van der Waals surface area contributed by atoms with E-state index in [4.69, 9.17) is 9.47 Å². The third-order valence-electron chi connectivity index (χ3n) is 4.89. The van der Waals surface area contributed by atoms with Crippen molar-refractivity contribution < 1.29 is 22.6 Å². The van der Waals surface area contributed by atoms with Gasteiger partial charge in [-0.1, -0.05) is 12.1 Å². The molecule has 1 fully saturated rings. The Labute approximate surface area is 170 Å². The molecule has 1 aromatic rings. The Morgan fingerprint density at radius 3 is 2.45 bits per heavy atom. The molecule has 0 radical (unpaired) electrons. The highest BCUT2D eigenvalue weighted by Gasteiger charge is 2.28. The van der Waals surface area contributed by atoms with Crippen LogP contribution in [0.15, 0.2) is 29.3 Å². The Balaban J connectivity index is 1.67. The van der Waals surface area contributed by atoms with Crippen molar-refractivity contribution in [2.45, 2.75) is 25.6 Å². The highest BCUT2D eigenvalue weighted by Crippen LogP contribution is 2.19. The number of methoxy groups -OCH3 is 1. The molecule has 1 heterocycles. The Morgan fingerprint density at radius 2 is 1.86 bits per heavy atom. The molecule has 2 rings (SSSR count). The minimum atomic E-state index is -4.33. The Morgan fingerprint density at radius 1 is 1.17 bits per heavy atom. The van der Waals surface area contributed by atoms with Gasteiger partial charge < -0.3 is 25.0 Å². The van der Waals surface area contributed by atoms with Crippen LogP contribution in [0.4, 0.5) is 13.2 Å². The normalized spacial score (nSPS) is 16.7. The van der Waals surface area contributed by atoms with E-state index in [-0.39, 0.29) is 5.75 Å². The molecule has 0 bridgehead atoms. The maximum atomic E-state index is 12.2. The number of likely N-dealkylation sites (tertiary alicyclic amines) is 1. The van der Waals surface area contributed by atoms with E-state index in [1.165, 1.54) is 12.1 Å². The SMILES string of the molecule is CN=C(NCc1ccc(OCC(F)(F)F)cc1)NCC1CCN(CCOC)CC1. The summed E-state index contributed by atoms with van der Waals surface area (Å²) < 4.78 is 46.4. The third kappa shape index (κ3) is 9.36. The molecule has 9 heteroatoms. The smallest absolute Gasteiger partial charge is 0.422 e. The standard InChI is InChI=1S/C20H31F3N4O2/c1-24-19(26-14-17-7-9-27(10-8-17)11-12-28-2)25-13-16-3-5-18(6-4-16)29-15-20(21,22)23/h3-6,17H,7-15H2,1-2H3,(H2,24,25,26). The van der Waals surface area contributed by atoms with Crippen LogP contribution in [0.3, 0.4) is 0 Å². The number of guanidine groups is 1. The number of nitrogens with one attached hydrogen (secondary N) is 2. The Hall–Kier alpha value is -2.00. The van der Waals surface area contributed by atoms with Crippen LogP contribution in [0.25, 0.3) is 0 Å². The van der Waals surface area contributed by atoms with Crippen molar-refractivity contribution in [2.24, 2.45) is 10.9 Å². The molecule has 0 atom stereocenters. The van der Waals surface area contributed by atoms with Crippen molar-refractivity contribution in [1.29, 1.82) is 0 Å². The zero-order valence-electron chi connectivity index (χ0n) is 17.1. The van der Waals surface area contributed by atoms with Crippen LogP contribution in [0.2, 0.25) is 0 Å². The van der Waals surface area contributed by atoms with Crippen LogP contribution < -0.4 is 15.4 Å². The fourth-order valence-electron chi connectivity index (χ4n) is 3.15. The summed E-state index contributed by atoms with van der Waals surface area (Å²) in [6.07, 6.45) is -2.04. The maximum Gasteiger partial charge on any atom is 0.422 e. The summed E-state index contributed by atoms with van der Waals surface area (Å²) in [5, 5.41) is 6.59. The van der Waals surface area contributed by atoms with Gasteiger partial charge >= 0.3 is 6.18 Å². The average Bonchev–Trinajstić information content (AvgIpc) is 2.72. The summed E-state index contributed by atoms with van der Waals surface area (Å²) in [4.78, 5) is 6.66. The molecule has 0 saturated carbocycles. The lowest BCUT2D eigenvalue weighted by Gasteiger charge is -2.32. The van der Waals surface area contributed by atoms with Gasteiger partial charge in [0.2, 0.25) is 0 Å². The first-order valence-electron chi connectivity index (χ1n) is 9.84. The lowest BCUT2D eigenvalue weighted by atomic mass is 9.97. The summed E-state index contributed by atoms with van der Waals surface area (Å²) in [6, 6.07) is 6.55. The lowest BCUT2D eigenvalue weighted by Crippen LogP contribution is -2.43. The molecule has 1 saturated heterocycles. The third-order valence-corrected chi connectivity index (χ3v) is 4.89. The molecule has 0 aliphatic carbocycles. The van der Waals surface area contributed by atoms with E-state index in [2.05, 4.69) is 20.5 Å². The fourth-order valence-corrected chi connectivity index (χ4v) is 3.15. The van der Waals surface area contributed by atoms with Crippen LogP contribution in [-0.4, -0.2) is 70.6 Å². The summed E-state index contributed by atoms with van der Waals surface area (Å²) >= 11 is 0. The van der Waals surface area contributed by atoms with Gasteiger partial charge in [-0.05, 0) is 49.5 Å². The van der Waals surface area contributed by atoms with Crippen LogP contribution in [0.1, 0.15) is 18.4 Å². The van der Waals surface area contributed by atoms with Gasteiger partial charge in [-0.25, -0.2) is 0 Å². The number of hydrogen-bond donors (Lipinski definition) is 2. The number of aliphatic imine (C=N–C) groups is 1. The van der Waals surface area contributed by atoms with Crippen molar-refractivity contribution in [1.82, 2.24) is 15.5 Å². The minimum Gasteiger partial charge on any atom is -0.484 e. The second kappa shape index (κ2) is 11.9. The molecule has 6 nitrogen and oxygen atoms in total. The van der Waals surface area contributed by atoms with Gasteiger partial charge in [0.25, 0.3) is 0 Å². The first-order valence-corrected chi connectivity index (χ1v) is 9.84. The van der Waals surface area contributed by atoms with Gasteiger partial charge in [0.1, 0.15) is 5.75 Å². The summed E-state index contributed by atoms with van der Waals surface area (Å²) in [7, 11) is 3.45. The molecular formula is C20H31F3N4O2. The quantitative estimate of drug-likeness (QED) is 0.479. The Bertz CT molecular complexity index is 615. The summed E-state index contributed by atoms with van der Waals surface area (Å²) in [5.74, 6) is 1.52. The van der Waals surface area contributed by atoms with Gasteiger partial charge in [0.05, 0.1) is 6.61 Å². The van der Waals surface area contributed by atoms with Gasteiger partial charge in [-0.15, -0.1) is 0 Å². The predicted molar refractivity (Wildman–Crippen MR) is 107 cm³/mol. The van der Waals surface area contributed by atoms with E-state index < -0.39 is 12.8 Å². The van der Waals surface area contributed by atoms with E-state index in [0.29, 0.717) is 18.4 Å². The van der Waals surface area contributed by atoms with Gasteiger partial charge in [-0.2, -0.15) is 13.2 Å². The van der Waals surface area contributed by atoms with E-state index >= 15 is 0 Å². The predicted octanol–water partition coefficient (Wildman–Crippen LogP) is 2.65. The minimum absolute atomic E-state index is 0.199. The van der Waals surface area contributed by atoms with Gasteiger partial charge in [0, 0.05) is 33.8 Å². The van der Waals surface area contributed by atoms with Gasteiger partial charge in [-0.3, -0.25) is 4.99 Å². The number of nitrogens with zero attached hydrogens (tertiary/aromatic N) is 2. The first-order chi connectivity index (χ1) is 13.9. The molecule has 0 aromatic heterocycles. The molecule has 1 aliphatic heterocycles. The van der Waals surface area contributed by atoms with E-state index in [1.54, 1.807) is 26.3 Å². The number of benzene rings is 1. The van der Waals surface area contributed by atoms with E-state index in [9.17, 15) is 13.2 Å². The molecule has 164 valence electrons. The molecule has 0 amide bonds. The number of halogens is 3. The monoisotopic (exact) mass is 416 g/mol. The fraction of sp³-hybridized carbons (Fsp3) is 0.650. The highest BCUT2D eigenvalue weighted by molar-refractivity contribution is 5.79. The van der Waals surface area contributed by atoms with Crippen molar-refractivity contribution >= 4 is 5.96 Å². The van der Waals surface area contributed by atoms with E-state index in [1.807, 2.05) is 0 Å². The van der Waals surface area contributed by atoms with Crippen molar-refractivity contribution in [3.8, 4) is 5.75 Å². The second-order valence-corrected chi connectivity index (χ2v) is 7.13. The summed E-state index contributed by atoms with van der Waals surface area (Å²) in [5.41, 5.74) is 0.929. The number of hydrogen-bond acceptors (Lipinski definition) is 4. The zero-order chi connectivity index (χ0) is 21.1. The van der Waals surface area contributed by atoms with Crippen LogP contribution in [0, 0.1) is 5.92 Å². The van der Waals surface area contributed by atoms with Crippen LogP contribution >= 0.6 is 0 Å². The maximum absolute atomic E-state index is 12.2. The molecule has 0 unspecified atom stereocenters. The van der Waals surface area contributed by atoms with Crippen LogP contribution in [-0.2, 0) is 11.3 Å². The lowest BCUT2D eigenvalue weighted by molar-refractivity contribution is -0.153. The van der Waals surface area contributed by atoms with Crippen LogP contribution in [0.5, 0.6) is 5.75 Å². The Kier molecular flexibility index (Phi) is 9.53. The molecular weight excluding hydrogens is 385 g/mol. The largest absolute Gasteiger partial charge is 0.484 e. The molecule has 1 aromatic carbocycles. The number of alkyl halides is 3. The second-order valence-electron chi connectivity index (χ2n) is 7.13. The number of ether oxygens (including phenoxy) is 2. The van der Waals surface area contributed by atoms with Crippen molar-refractivity contribution in [3.63, 3.8) is 0 Å². The van der Waals surface area contributed by atoms with Gasteiger partial charge in [0.15, 0.2) is 12.6 Å². The van der Waals surface area contributed by atoms with Crippen molar-refractivity contribution in [3.05, 3.63) is 29.8 Å². The topological polar surface area (TPSA) is 58.1 Å².